The Morgan fingerprint density at radius 1 is 1.57 bits per heavy atom. The Balaban J connectivity index is 2.96. The first kappa shape index (κ1) is 10.8. The Bertz CT molecular complexity index is 355. The maximum absolute atomic E-state index is 11.0. The van der Waals surface area contributed by atoms with Gasteiger partial charge in [-0.15, -0.1) is 0 Å². The smallest absolute Gasteiger partial charge is 0.428 e. The first-order valence-corrected chi connectivity index (χ1v) is 4.33. The molecule has 0 bridgehead atoms. The number of nitrogens with two attached hydrogens (primary N) is 1. The van der Waals surface area contributed by atoms with Crippen LogP contribution in [0.25, 0.3) is 0 Å². The van der Waals surface area contributed by atoms with Crippen molar-refractivity contribution < 1.29 is 9.53 Å². The number of aryl methyl sites for hydroxylation is 1. The maximum atomic E-state index is 11.0. The van der Waals surface area contributed by atoms with Gasteiger partial charge in [0.05, 0.1) is 12.8 Å². The minimum Gasteiger partial charge on any atom is -0.452 e. The quantitative estimate of drug-likeness (QED) is 0.443. The molecule has 0 aliphatic heterocycles. The number of hydrogen-bond donors (Lipinski definition) is 1. The Kier molecular flexibility index (Phi) is 3.33. The Labute approximate surface area is 87.2 Å². The van der Waals surface area contributed by atoms with Crippen LogP contribution in [0.4, 0.5) is 10.5 Å². The van der Waals surface area contributed by atoms with Crippen molar-refractivity contribution in [2.24, 2.45) is 5.84 Å². The summed E-state index contributed by atoms with van der Waals surface area (Å²) in [5, 5.41) is 1.45. The van der Waals surface area contributed by atoms with Crippen LogP contribution in [0.1, 0.15) is 5.56 Å². The molecule has 1 amide bonds. The molecule has 0 saturated heterocycles. The van der Waals surface area contributed by atoms with Crippen LogP contribution >= 0.6 is 11.6 Å². The molecule has 0 heterocycles. The highest BCUT2D eigenvalue weighted by Gasteiger charge is 2.11. The Hall–Kier alpha value is -1.26. The second-order valence-corrected chi connectivity index (χ2v) is 3.18. The van der Waals surface area contributed by atoms with E-state index >= 15 is 0 Å². The number of anilines is 1. The van der Waals surface area contributed by atoms with Crippen LogP contribution in [0.2, 0.25) is 5.02 Å². The van der Waals surface area contributed by atoms with Crippen LogP contribution in [0, 0.1) is 6.92 Å². The third-order valence-corrected chi connectivity index (χ3v) is 2.21. The molecule has 0 unspecified atom stereocenters. The molecule has 0 spiro atoms. The SMILES string of the molecule is COC(=O)N(N)c1ccc(C)c(Cl)c1. The maximum Gasteiger partial charge on any atom is 0.428 e. The monoisotopic (exact) mass is 214 g/mol. The summed E-state index contributed by atoms with van der Waals surface area (Å²) in [4.78, 5) is 11.0. The fourth-order valence-electron chi connectivity index (χ4n) is 0.935. The molecule has 76 valence electrons. The van der Waals surface area contributed by atoms with Crippen molar-refractivity contribution in [2.45, 2.75) is 6.92 Å². The van der Waals surface area contributed by atoms with Crippen LogP contribution in [0.3, 0.4) is 0 Å². The van der Waals surface area contributed by atoms with Crippen LogP contribution in [-0.4, -0.2) is 13.2 Å². The molecule has 1 aromatic carbocycles. The lowest BCUT2D eigenvalue weighted by molar-refractivity contribution is 0.178. The fourth-order valence-corrected chi connectivity index (χ4v) is 1.11. The van der Waals surface area contributed by atoms with E-state index in [1.165, 1.54) is 7.11 Å². The molecule has 0 atom stereocenters. The number of benzene rings is 1. The molecular formula is C9H11ClN2O2. The number of hydrogen-bond acceptors (Lipinski definition) is 3. The van der Waals surface area contributed by atoms with Gasteiger partial charge < -0.3 is 4.74 Å². The molecule has 0 fully saturated rings. The summed E-state index contributed by atoms with van der Waals surface area (Å²) >= 11 is 5.87. The lowest BCUT2D eigenvalue weighted by Gasteiger charge is -2.15. The molecule has 5 heteroatoms. The van der Waals surface area contributed by atoms with E-state index in [1.54, 1.807) is 18.2 Å². The summed E-state index contributed by atoms with van der Waals surface area (Å²) in [7, 11) is 1.26. The second kappa shape index (κ2) is 4.30. The van der Waals surface area contributed by atoms with Gasteiger partial charge in [-0.2, -0.15) is 0 Å². The van der Waals surface area contributed by atoms with Crippen molar-refractivity contribution in [1.82, 2.24) is 0 Å². The number of hydrazine groups is 1. The molecule has 1 aromatic rings. The highest BCUT2D eigenvalue weighted by molar-refractivity contribution is 6.31. The zero-order valence-electron chi connectivity index (χ0n) is 7.95. The molecule has 0 aliphatic carbocycles. The summed E-state index contributed by atoms with van der Waals surface area (Å²) in [6.07, 6.45) is -0.634. The number of methoxy groups -OCH3 is 1. The number of carbonyl (C=O) groups excluding carboxylic acids is 1. The van der Waals surface area contributed by atoms with Gasteiger partial charge in [-0.05, 0) is 24.6 Å². The molecular weight excluding hydrogens is 204 g/mol. The van der Waals surface area contributed by atoms with Crippen molar-refractivity contribution in [2.75, 3.05) is 12.1 Å². The molecule has 0 aromatic heterocycles. The van der Waals surface area contributed by atoms with Crippen molar-refractivity contribution >= 4 is 23.4 Å². The van der Waals surface area contributed by atoms with E-state index < -0.39 is 6.09 Å². The number of rotatable bonds is 1. The van der Waals surface area contributed by atoms with Gasteiger partial charge in [-0.1, -0.05) is 17.7 Å². The number of carbonyl (C=O) groups is 1. The van der Waals surface area contributed by atoms with Gasteiger partial charge in [0.2, 0.25) is 0 Å². The standard InChI is InChI=1S/C9H11ClN2O2/c1-6-3-4-7(5-8(6)10)12(11)9(13)14-2/h3-5H,11H2,1-2H3. The summed E-state index contributed by atoms with van der Waals surface area (Å²) in [5.74, 6) is 5.47. The van der Waals surface area contributed by atoms with Gasteiger partial charge in [-0.25, -0.2) is 15.6 Å². The highest BCUT2D eigenvalue weighted by Crippen LogP contribution is 2.21. The summed E-state index contributed by atoms with van der Waals surface area (Å²) in [6.45, 7) is 1.87. The molecule has 0 saturated carbocycles. The third kappa shape index (κ3) is 2.16. The first-order valence-electron chi connectivity index (χ1n) is 3.95. The molecule has 0 aliphatic rings. The average Bonchev–Trinajstić information content (AvgIpc) is 2.20. The zero-order valence-corrected chi connectivity index (χ0v) is 8.71. The summed E-state index contributed by atoms with van der Waals surface area (Å²) in [5.41, 5.74) is 1.42. The lowest BCUT2D eigenvalue weighted by atomic mass is 10.2. The molecule has 14 heavy (non-hydrogen) atoms. The van der Waals surface area contributed by atoms with Crippen molar-refractivity contribution in [3.8, 4) is 0 Å². The minimum atomic E-state index is -0.634. The number of halogens is 1. The van der Waals surface area contributed by atoms with E-state index in [2.05, 4.69) is 4.74 Å². The molecule has 0 radical (unpaired) electrons. The first-order chi connectivity index (χ1) is 6.56. The molecule has 4 nitrogen and oxygen atoms in total. The van der Waals surface area contributed by atoms with E-state index in [4.69, 9.17) is 17.4 Å². The number of amides is 1. The van der Waals surface area contributed by atoms with Gasteiger partial charge in [-0.3, -0.25) is 0 Å². The lowest BCUT2D eigenvalue weighted by Crippen LogP contribution is -2.37. The van der Waals surface area contributed by atoms with Crippen molar-refractivity contribution in [3.63, 3.8) is 0 Å². The van der Waals surface area contributed by atoms with Gasteiger partial charge in [0, 0.05) is 5.02 Å². The third-order valence-electron chi connectivity index (χ3n) is 1.80. The van der Waals surface area contributed by atoms with Crippen molar-refractivity contribution in [3.05, 3.63) is 28.8 Å². The van der Waals surface area contributed by atoms with Gasteiger partial charge in [0.25, 0.3) is 0 Å². The van der Waals surface area contributed by atoms with Crippen molar-refractivity contribution in [1.29, 1.82) is 0 Å². The second-order valence-electron chi connectivity index (χ2n) is 2.77. The van der Waals surface area contributed by atoms with E-state index in [-0.39, 0.29) is 0 Å². The Morgan fingerprint density at radius 2 is 2.21 bits per heavy atom. The summed E-state index contributed by atoms with van der Waals surface area (Å²) in [6, 6.07) is 5.08. The van der Waals surface area contributed by atoms with E-state index in [0.29, 0.717) is 10.7 Å². The normalized spacial score (nSPS) is 9.71. The summed E-state index contributed by atoms with van der Waals surface area (Å²) < 4.78 is 4.46. The van der Waals surface area contributed by atoms with Gasteiger partial charge in [0.15, 0.2) is 0 Å². The number of nitrogens with zero attached hydrogens (tertiary/aromatic N) is 1. The highest BCUT2D eigenvalue weighted by atomic mass is 35.5. The average molecular weight is 215 g/mol. The van der Waals surface area contributed by atoms with Crippen LogP contribution in [0.5, 0.6) is 0 Å². The van der Waals surface area contributed by atoms with Gasteiger partial charge >= 0.3 is 6.09 Å². The predicted molar refractivity (Wildman–Crippen MR) is 55.3 cm³/mol. The van der Waals surface area contributed by atoms with E-state index in [1.807, 2.05) is 6.92 Å². The fraction of sp³-hybridized carbons (Fsp3) is 0.222. The molecule has 1 rings (SSSR count). The van der Waals surface area contributed by atoms with E-state index in [0.717, 1.165) is 10.6 Å². The van der Waals surface area contributed by atoms with Gasteiger partial charge in [0.1, 0.15) is 0 Å². The van der Waals surface area contributed by atoms with Crippen LogP contribution < -0.4 is 10.9 Å². The van der Waals surface area contributed by atoms with Crippen LogP contribution in [-0.2, 0) is 4.74 Å². The zero-order chi connectivity index (χ0) is 10.7. The topological polar surface area (TPSA) is 55.6 Å². The molecule has 2 N–H and O–H groups in total. The van der Waals surface area contributed by atoms with Crippen LogP contribution in [0.15, 0.2) is 18.2 Å². The predicted octanol–water partition coefficient (Wildman–Crippen LogP) is 2.09. The Morgan fingerprint density at radius 3 is 2.71 bits per heavy atom. The largest absolute Gasteiger partial charge is 0.452 e. The minimum absolute atomic E-state index is 0.493. The van der Waals surface area contributed by atoms with E-state index in [9.17, 15) is 4.79 Å². The number of ether oxygens (including phenoxy) is 1.